The highest BCUT2D eigenvalue weighted by molar-refractivity contribution is 7.26. The van der Waals surface area contributed by atoms with Crippen LogP contribution in [0.2, 0.25) is 0 Å². The summed E-state index contributed by atoms with van der Waals surface area (Å²) >= 11 is 3.66. The van der Waals surface area contributed by atoms with Crippen LogP contribution in [0.15, 0.2) is 158 Å². The minimum atomic E-state index is 0.558. The molecule has 4 aromatic heterocycles. The Bertz CT molecular complexity index is 2890. The largest absolute Gasteiger partial charge is 0.309 e. The van der Waals surface area contributed by atoms with Gasteiger partial charge in [-0.15, -0.1) is 22.7 Å². The Hall–Kier alpha value is -6.21. The average molecular weight is 703 g/mol. The smallest absolute Gasteiger partial charge is 0.163 e. The van der Waals surface area contributed by atoms with Gasteiger partial charge in [-0.1, -0.05) is 116 Å². The first kappa shape index (κ1) is 30.6. The normalized spacial score (nSPS) is 11.9. The molecule has 0 saturated heterocycles. The van der Waals surface area contributed by atoms with Crippen LogP contribution in [-0.2, 0) is 6.42 Å². The standard InChI is InChI=1S/C46H30N4S2/c1-2-3-22-38-35(28-42-47-45(29-14-6-4-7-15-29)49-46(48-42)30-16-8-5-9-17-30)44-41(51-38)26-25-40-43(44)34-27-31(23-24-39(34)52-40)50-36-20-12-10-18-32(36)33-19-11-13-21-37(33)50/h2-27H,1,28H2/b22-3-. The van der Waals surface area contributed by atoms with Crippen LogP contribution in [0.5, 0.6) is 0 Å². The summed E-state index contributed by atoms with van der Waals surface area (Å²) in [6, 6.07) is 49.3. The highest BCUT2D eigenvalue weighted by atomic mass is 32.1. The fourth-order valence-corrected chi connectivity index (χ4v) is 9.66. The van der Waals surface area contributed by atoms with E-state index in [-0.39, 0.29) is 0 Å². The first-order chi connectivity index (χ1) is 25.7. The van der Waals surface area contributed by atoms with Gasteiger partial charge in [-0.05, 0) is 54.1 Å². The molecule has 10 aromatic rings. The SMILES string of the molecule is C=C/C=C\c1sc2ccc3sc4ccc(-n5c6ccccc6c6ccccc65)cc4c3c2c1Cc1nc(-c2ccccc2)nc(-c2ccccc2)n1. The predicted molar refractivity (Wildman–Crippen MR) is 222 cm³/mol. The summed E-state index contributed by atoms with van der Waals surface area (Å²) in [5.41, 5.74) is 6.72. The van der Waals surface area contributed by atoms with Crippen LogP contribution in [0, 0.1) is 0 Å². The molecule has 4 heterocycles. The van der Waals surface area contributed by atoms with Crippen molar-refractivity contribution in [2.45, 2.75) is 6.42 Å². The third-order valence-electron chi connectivity index (χ3n) is 9.70. The van der Waals surface area contributed by atoms with Gasteiger partial charge in [0, 0.05) is 69.1 Å². The molecule has 52 heavy (non-hydrogen) atoms. The molecule has 246 valence electrons. The maximum absolute atomic E-state index is 5.11. The Morgan fingerprint density at radius 2 is 1.13 bits per heavy atom. The fourth-order valence-electron chi connectivity index (χ4n) is 7.42. The fraction of sp³-hybridized carbons (Fsp3) is 0.0217. The third kappa shape index (κ3) is 5.07. The third-order valence-corrected chi connectivity index (χ3v) is 12.0. The molecule has 10 rings (SSSR count). The number of allylic oxidation sites excluding steroid dienone is 2. The van der Waals surface area contributed by atoms with E-state index in [4.69, 9.17) is 15.0 Å². The lowest BCUT2D eigenvalue weighted by atomic mass is 10.0. The second kappa shape index (κ2) is 12.5. The number of benzene rings is 6. The minimum absolute atomic E-state index is 0.558. The molecule has 0 radical (unpaired) electrons. The molecule has 0 bridgehead atoms. The van der Waals surface area contributed by atoms with Crippen molar-refractivity contribution in [2.24, 2.45) is 0 Å². The quantitative estimate of drug-likeness (QED) is 0.155. The Balaban J connectivity index is 1.21. The van der Waals surface area contributed by atoms with Crippen molar-refractivity contribution in [3.63, 3.8) is 0 Å². The molecular formula is C46H30N4S2. The molecule has 0 amide bonds. The molecule has 6 aromatic carbocycles. The van der Waals surface area contributed by atoms with E-state index in [1.54, 1.807) is 0 Å². The van der Waals surface area contributed by atoms with Crippen LogP contribution >= 0.6 is 22.7 Å². The van der Waals surface area contributed by atoms with Gasteiger partial charge in [0.05, 0.1) is 11.0 Å². The zero-order chi connectivity index (χ0) is 34.6. The van der Waals surface area contributed by atoms with Gasteiger partial charge in [0.1, 0.15) is 5.82 Å². The Kier molecular flexibility index (Phi) is 7.37. The Morgan fingerprint density at radius 3 is 1.77 bits per heavy atom. The Labute approximate surface area is 308 Å². The molecule has 6 heteroatoms. The average Bonchev–Trinajstić information content (AvgIpc) is 3.86. The molecule has 0 atom stereocenters. The molecule has 0 saturated carbocycles. The van der Waals surface area contributed by atoms with E-state index < -0.39 is 0 Å². The van der Waals surface area contributed by atoms with Crippen molar-refractivity contribution in [1.82, 2.24) is 19.5 Å². The highest BCUT2D eigenvalue weighted by Crippen LogP contribution is 2.45. The van der Waals surface area contributed by atoms with Crippen LogP contribution in [-0.4, -0.2) is 19.5 Å². The zero-order valence-corrected chi connectivity index (χ0v) is 29.7. The predicted octanol–water partition coefficient (Wildman–Crippen LogP) is 12.7. The summed E-state index contributed by atoms with van der Waals surface area (Å²) in [5, 5.41) is 6.33. The van der Waals surface area contributed by atoms with E-state index in [1.165, 1.54) is 62.5 Å². The number of rotatable bonds is 7. The lowest BCUT2D eigenvalue weighted by molar-refractivity contribution is 0.937. The monoisotopic (exact) mass is 702 g/mol. The summed E-state index contributed by atoms with van der Waals surface area (Å²) in [4.78, 5) is 16.3. The van der Waals surface area contributed by atoms with E-state index in [0.29, 0.717) is 18.1 Å². The van der Waals surface area contributed by atoms with Gasteiger partial charge in [0.2, 0.25) is 0 Å². The van der Waals surface area contributed by atoms with Gasteiger partial charge in [-0.3, -0.25) is 0 Å². The molecule has 0 spiro atoms. The molecule has 0 N–H and O–H groups in total. The van der Waals surface area contributed by atoms with E-state index in [0.717, 1.165) is 22.6 Å². The van der Waals surface area contributed by atoms with Gasteiger partial charge in [-0.25, -0.2) is 15.0 Å². The maximum Gasteiger partial charge on any atom is 0.163 e. The second-order valence-corrected chi connectivity index (χ2v) is 15.0. The van der Waals surface area contributed by atoms with Gasteiger partial charge < -0.3 is 4.57 Å². The Morgan fingerprint density at radius 1 is 0.558 bits per heavy atom. The molecule has 0 fully saturated rings. The van der Waals surface area contributed by atoms with Crippen LogP contribution < -0.4 is 0 Å². The molecule has 0 aliphatic rings. The molecule has 4 nitrogen and oxygen atoms in total. The molecule has 0 aliphatic heterocycles. The number of hydrogen-bond donors (Lipinski definition) is 0. The summed E-state index contributed by atoms with van der Waals surface area (Å²) in [6.45, 7) is 3.98. The van der Waals surface area contributed by atoms with E-state index >= 15 is 0 Å². The number of hydrogen-bond acceptors (Lipinski definition) is 5. The first-order valence-electron chi connectivity index (χ1n) is 17.3. The van der Waals surface area contributed by atoms with Crippen molar-refractivity contribution in [2.75, 3.05) is 0 Å². The minimum Gasteiger partial charge on any atom is -0.309 e. The van der Waals surface area contributed by atoms with Gasteiger partial charge >= 0.3 is 0 Å². The van der Waals surface area contributed by atoms with Gasteiger partial charge in [0.15, 0.2) is 11.6 Å². The van der Waals surface area contributed by atoms with E-state index in [1.807, 2.05) is 71.2 Å². The lowest BCUT2D eigenvalue weighted by Gasteiger charge is -2.10. The van der Waals surface area contributed by atoms with E-state index in [9.17, 15) is 0 Å². The van der Waals surface area contributed by atoms with Gasteiger partial charge in [-0.2, -0.15) is 0 Å². The molecular weight excluding hydrogens is 673 g/mol. The van der Waals surface area contributed by atoms with Crippen molar-refractivity contribution < 1.29 is 0 Å². The zero-order valence-electron chi connectivity index (χ0n) is 28.0. The maximum atomic E-state index is 5.11. The van der Waals surface area contributed by atoms with Crippen molar-refractivity contribution in [3.8, 4) is 28.5 Å². The van der Waals surface area contributed by atoms with Gasteiger partial charge in [0.25, 0.3) is 0 Å². The number of aromatic nitrogens is 4. The number of para-hydroxylation sites is 2. The van der Waals surface area contributed by atoms with Crippen molar-refractivity contribution in [3.05, 3.63) is 175 Å². The summed E-state index contributed by atoms with van der Waals surface area (Å²) < 4.78 is 6.19. The van der Waals surface area contributed by atoms with Crippen LogP contribution in [0.3, 0.4) is 0 Å². The van der Waals surface area contributed by atoms with Crippen LogP contribution in [0.1, 0.15) is 16.3 Å². The number of fused-ring (bicyclic) bond motifs is 8. The van der Waals surface area contributed by atoms with Crippen LogP contribution in [0.4, 0.5) is 0 Å². The van der Waals surface area contributed by atoms with E-state index in [2.05, 4.69) is 120 Å². The number of nitrogens with zero attached hydrogens (tertiary/aromatic N) is 4. The first-order valence-corrected chi connectivity index (χ1v) is 18.9. The topological polar surface area (TPSA) is 43.6 Å². The summed E-state index contributed by atoms with van der Waals surface area (Å²) in [7, 11) is 0. The molecule has 0 aliphatic carbocycles. The number of thiophene rings is 2. The highest BCUT2D eigenvalue weighted by Gasteiger charge is 2.21. The lowest BCUT2D eigenvalue weighted by Crippen LogP contribution is -2.04. The van der Waals surface area contributed by atoms with Crippen LogP contribution in [0.25, 0.3) is 86.6 Å². The summed E-state index contributed by atoms with van der Waals surface area (Å²) in [6.07, 6.45) is 6.59. The van der Waals surface area contributed by atoms with Crippen molar-refractivity contribution in [1.29, 1.82) is 0 Å². The van der Waals surface area contributed by atoms with Crippen molar-refractivity contribution >= 4 is 80.8 Å². The summed E-state index contributed by atoms with van der Waals surface area (Å²) in [5.74, 6) is 2.09. The second-order valence-electron chi connectivity index (χ2n) is 12.8. The molecule has 0 unspecified atom stereocenters.